The Bertz CT molecular complexity index is 1050. The summed E-state index contributed by atoms with van der Waals surface area (Å²) in [4.78, 5) is 23.6. The maximum Gasteiger partial charge on any atom is 0.229 e. The number of ether oxygens (including phenoxy) is 1. The SMILES string of the molecule is COc1cccc(CC(=O)Nc2ccc(-c3ccnc(N4CCC(CO)CC4)c3)cn2)c1. The number of amides is 1. The molecule has 0 spiro atoms. The Hall–Kier alpha value is -3.45. The summed E-state index contributed by atoms with van der Waals surface area (Å²) in [5, 5.41) is 12.2. The minimum Gasteiger partial charge on any atom is -0.497 e. The summed E-state index contributed by atoms with van der Waals surface area (Å²) in [6.45, 7) is 2.06. The fraction of sp³-hybridized carbons (Fsp3) is 0.320. The van der Waals surface area contributed by atoms with Crippen LogP contribution in [0.25, 0.3) is 11.1 Å². The van der Waals surface area contributed by atoms with Gasteiger partial charge in [-0.1, -0.05) is 12.1 Å². The molecule has 7 heteroatoms. The number of aliphatic hydroxyl groups is 1. The van der Waals surface area contributed by atoms with Crippen LogP contribution < -0.4 is 15.0 Å². The smallest absolute Gasteiger partial charge is 0.229 e. The van der Waals surface area contributed by atoms with Crippen LogP contribution in [0.3, 0.4) is 0 Å². The van der Waals surface area contributed by atoms with Gasteiger partial charge in [0.25, 0.3) is 0 Å². The van der Waals surface area contributed by atoms with Crippen molar-refractivity contribution in [2.75, 3.05) is 37.0 Å². The molecule has 2 aromatic heterocycles. The number of rotatable bonds is 7. The number of pyridine rings is 2. The van der Waals surface area contributed by atoms with Crippen LogP contribution in [0.1, 0.15) is 18.4 Å². The number of benzene rings is 1. The van der Waals surface area contributed by atoms with Crippen LogP contribution in [-0.2, 0) is 11.2 Å². The van der Waals surface area contributed by atoms with Gasteiger partial charge in [-0.25, -0.2) is 9.97 Å². The molecule has 1 amide bonds. The second-order valence-corrected chi connectivity index (χ2v) is 8.02. The van der Waals surface area contributed by atoms with Crippen LogP contribution in [0.2, 0.25) is 0 Å². The van der Waals surface area contributed by atoms with Gasteiger partial charge >= 0.3 is 0 Å². The van der Waals surface area contributed by atoms with Crippen LogP contribution in [0.5, 0.6) is 5.75 Å². The minimum absolute atomic E-state index is 0.129. The van der Waals surface area contributed by atoms with Gasteiger partial charge in [-0.05, 0) is 66.3 Å². The van der Waals surface area contributed by atoms with E-state index in [0.717, 1.165) is 54.2 Å². The highest BCUT2D eigenvalue weighted by molar-refractivity contribution is 5.91. The van der Waals surface area contributed by atoms with Crippen molar-refractivity contribution in [1.29, 1.82) is 0 Å². The highest BCUT2D eigenvalue weighted by atomic mass is 16.5. The highest BCUT2D eigenvalue weighted by Crippen LogP contribution is 2.26. The first kappa shape index (κ1) is 21.8. The summed E-state index contributed by atoms with van der Waals surface area (Å²) < 4.78 is 5.21. The molecule has 1 saturated heterocycles. The molecule has 1 aliphatic rings. The molecule has 1 aliphatic heterocycles. The Balaban J connectivity index is 1.38. The second-order valence-electron chi connectivity index (χ2n) is 8.02. The predicted octanol–water partition coefficient (Wildman–Crippen LogP) is 3.54. The van der Waals surface area contributed by atoms with Crippen molar-refractivity contribution in [3.8, 4) is 16.9 Å². The van der Waals surface area contributed by atoms with Crippen LogP contribution >= 0.6 is 0 Å². The van der Waals surface area contributed by atoms with E-state index in [-0.39, 0.29) is 18.9 Å². The summed E-state index contributed by atoms with van der Waals surface area (Å²) in [6.07, 6.45) is 5.79. The molecule has 3 heterocycles. The van der Waals surface area contributed by atoms with E-state index < -0.39 is 0 Å². The van der Waals surface area contributed by atoms with Gasteiger partial charge in [0.1, 0.15) is 17.4 Å². The second kappa shape index (κ2) is 10.2. The average Bonchev–Trinajstić information content (AvgIpc) is 2.84. The van der Waals surface area contributed by atoms with Gasteiger partial charge in [0, 0.05) is 37.7 Å². The molecule has 0 saturated carbocycles. The first-order valence-corrected chi connectivity index (χ1v) is 10.9. The Morgan fingerprint density at radius 2 is 1.97 bits per heavy atom. The van der Waals surface area contributed by atoms with E-state index >= 15 is 0 Å². The molecule has 32 heavy (non-hydrogen) atoms. The average molecular weight is 433 g/mol. The lowest BCUT2D eigenvalue weighted by molar-refractivity contribution is -0.115. The number of hydrogen-bond acceptors (Lipinski definition) is 6. The number of carbonyl (C=O) groups excluding carboxylic acids is 1. The third kappa shape index (κ3) is 5.42. The van der Waals surface area contributed by atoms with Gasteiger partial charge in [-0.3, -0.25) is 4.79 Å². The lowest BCUT2D eigenvalue weighted by Crippen LogP contribution is -2.35. The molecule has 166 valence electrons. The van der Waals surface area contributed by atoms with Gasteiger partial charge in [-0.15, -0.1) is 0 Å². The summed E-state index contributed by atoms with van der Waals surface area (Å²) in [5.41, 5.74) is 2.87. The largest absolute Gasteiger partial charge is 0.497 e. The topological polar surface area (TPSA) is 87.6 Å². The monoisotopic (exact) mass is 432 g/mol. The lowest BCUT2D eigenvalue weighted by atomic mass is 9.98. The summed E-state index contributed by atoms with van der Waals surface area (Å²) >= 11 is 0. The van der Waals surface area contributed by atoms with Crippen LogP contribution in [0.15, 0.2) is 60.9 Å². The van der Waals surface area contributed by atoms with E-state index in [1.54, 1.807) is 13.3 Å². The van der Waals surface area contributed by atoms with Crippen LogP contribution in [-0.4, -0.2) is 47.8 Å². The fourth-order valence-electron chi connectivity index (χ4n) is 3.91. The molecule has 0 bridgehead atoms. The number of hydrogen-bond donors (Lipinski definition) is 2. The highest BCUT2D eigenvalue weighted by Gasteiger charge is 2.19. The number of carbonyl (C=O) groups is 1. The molecule has 0 radical (unpaired) electrons. The van der Waals surface area contributed by atoms with Gasteiger partial charge in [-0.2, -0.15) is 0 Å². The summed E-state index contributed by atoms with van der Waals surface area (Å²) in [5.74, 6) is 2.45. The quantitative estimate of drug-likeness (QED) is 0.594. The van der Waals surface area contributed by atoms with Gasteiger partial charge < -0.3 is 20.1 Å². The van der Waals surface area contributed by atoms with E-state index in [0.29, 0.717) is 11.7 Å². The number of methoxy groups -OCH3 is 1. The first-order valence-electron chi connectivity index (χ1n) is 10.9. The van der Waals surface area contributed by atoms with Crippen LogP contribution in [0.4, 0.5) is 11.6 Å². The number of piperidine rings is 1. The number of anilines is 2. The molecule has 1 fully saturated rings. The maximum atomic E-state index is 12.4. The molecule has 0 atom stereocenters. The summed E-state index contributed by atoms with van der Waals surface area (Å²) in [7, 11) is 1.61. The zero-order valence-electron chi connectivity index (χ0n) is 18.2. The Morgan fingerprint density at radius 1 is 1.12 bits per heavy atom. The third-order valence-corrected chi connectivity index (χ3v) is 5.81. The van der Waals surface area contributed by atoms with E-state index in [2.05, 4.69) is 26.3 Å². The number of aromatic nitrogens is 2. The van der Waals surface area contributed by atoms with Crippen molar-refractivity contribution in [3.63, 3.8) is 0 Å². The lowest BCUT2D eigenvalue weighted by Gasteiger charge is -2.32. The predicted molar refractivity (Wildman–Crippen MR) is 125 cm³/mol. The zero-order chi connectivity index (χ0) is 22.3. The van der Waals surface area contributed by atoms with Gasteiger partial charge in [0.15, 0.2) is 0 Å². The molecule has 4 rings (SSSR count). The standard InChI is InChI=1S/C25H28N4O3/c1-32-22-4-2-3-19(13-22)14-25(31)28-23-6-5-21(16-27-23)20-7-10-26-24(15-20)29-11-8-18(17-30)9-12-29/h2-7,10,13,15-16,18,30H,8-9,11-12,14,17H2,1H3,(H,27,28,31). The number of aliphatic hydroxyl groups excluding tert-OH is 1. The Labute approximate surface area is 188 Å². The number of nitrogens with zero attached hydrogens (tertiary/aromatic N) is 3. The molecular weight excluding hydrogens is 404 g/mol. The normalized spacial score (nSPS) is 14.2. The van der Waals surface area contributed by atoms with Crippen molar-refractivity contribution in [1.82, 2.24) is 9.97 Å². The van der Waals surface area contributed by atoms with Crippen LogP contribution in [0, 0.1) is 5.92 Å². The van der Waals surface area contributed by atoms with Crippen molar-refractivity contribution in [2.24, 2.45) is 5.92 Å². The molecule has 7 nitrogen and oxygen atoms in total. The zero-order valence-corrected chi connectivity index (χ0v) is 18.2. The van der Waals surface area contributed by atoms with E-state index in [1.165, 1.54) is 0 Å². The molecule has 1 aromatic carbocycles. The van der Waals surface area contributed by atoms with Crippen molar-refractivity contribution in [2.45, 2.75) is 19.3 Å². The third-order valence-electron chi connectivity index (χ3n) is 5.81. The van der Waals surface area contributed by atoms with Gasteiger partial charge in [0.2, 0.25) is 5.91 Å². The number of nitrogens with one attached hydrogen (secondary N) is 1. The summed E-state index contributed by atoms with van der Waals surface area (Å²) in [6, 6.07) is 15.3. The fourth-order valence-corrected chi connectivity index (χ4v) is 3.91. The Morgan fingerprint density at radius 3 is 2.69 bits per heavy atom. The van der Waals surface area contributed by atoms with E-state index in [1.807, 2.05) is 48.7 Å². The van der Waals surface area contributed by atoms with Gasteiger partial charge in [0.05, 0.1) is 13.5 Å². The van der Waals surface area contributed by atoms with E-state index in [4.69, 9.17) is 4.74 Å². The molecule has 3 aromatic rings. The van der Waals surface area contributed by atoms with E-state index in [9.17, 15) is 9.90 Å². The van der Waals surface area contributed by atoms with Crippen molar-refractivity contribution >= 4 is 17.5 Å². The van der Waals surface area contributed by atoms with Crippen molar-refractivity contribution in [3.05, 3.63) is 66.5 Å². The molecule has 0 aliphatic carbocycles. The maximum absolute atomic E-state index is 12.4. The Kier molecular flexibility index (Phi) is 6.97. The minimum atomic E-state index is -0.129. The molecular formula is C25H28N4O3. The molecule has 0 unspecified atom stereocenters. The first-order chi connectivity index (χ1) is 15.6. The molecule has 2 N–H and O–H groups in total. The van der Waals surface area contributed by atoms with Crippen molar-refractivity contribution < 1.29 is 14.6 Å².